The molecule has 168 valence electrons. The van der Waals surface area contributed by atoms with Crippen LogP contribution in [0, 0.1) is 0 Å². The minimum Gasteiger partial charge on any atom is -0.493 e. The summed E-state index contributed by atoms with van der Waals surface area (Å²) in [5, 5.41) is -0.247. The van der Waals surface area contributed by atoms with Gasteiger partial charge in [-0.3, -0.25) is 14.6 Å². The number of benzene rings is 1. The number of ether oxygens (including phenoxy) is 2. The molecule has 2 aromatic rings. The number of thioether (sulfide) groups is 1. The lowest BCUT2D eigenvalue weighted by Crippen LogP contribution is -2.27. The molecule has 0 saturated heterocycles. The van der Waals surface area contributed by atoms with Crippen molar-refractivity contribution >= 4 is 30.4 Å². The van der Waals surface area contributed by atoms with Crippen molar-refractivity contribution in [2.24, 2.45) is 5.73 Å². The van der Waals surface area contributed by atoms with Crippen LogP contribution in [-0.4, -0.2) is 48.9 Å². The molecule has 2 unspecified atom stereocenters. The van der Waals surface area contributed by atoms with E-state index in [9.17, 15) is 9.59 Å². The van der Waals surface area contributed by atoms with Crippen LogP contribution in [0.4, 0.5) is 0 Å². The number of nitrogens with zero attached hydrogens (tertiary/aromatic N) is 1. The van der Waals surface area contributed by atoms with E-state index in [-0.39, 0.29) is 29.5 Å². The molecule has 0 fully saturated rings. The monoisotopic (exact) mass is 446 g/mol. The molecule has 0 radical (unpaired) electrons. The topological polar surface area (TPSA) is 109 Å². The average molecular weight is 447 g/mol. The first-order chi connectivity index (χ1) is 15.0. The van der Waals surface area contributed by atoms with E-state index in [1.54, 1.807) is 0 Å². The Morgan fingerprint density at radius 2 is 1.77 bits per heavy atom. The van der Waals surface area contributed by atoms with Gasteiger partial charge in [0.15, 0.2) is 0 Å². The Kier molecular flexibility index (Phi) is 12.0. The number of carbonyl (C=O) groups is 3. The Labute approximate surface area is 187 Å². The average Bonchev–Trinajstić information content (AvgIpc) is 2.81. The molecule has 0 bridgehead atoms. The molecule has 0 aliphatic carbocycles. The summed E-state index contributed by atoms with van der Waals surface area (Å²) in [4.78, 5) is 35.7. The quantitative estimate of drug-likeness (QED) is 0.529. The van der Waals surface area contributed by atoms with Crippen molar-refractivity contribution < 1.29 is 23.9 Å². The van der Waals surface area contributed by atoms with Crippen molar-refractivity contribution in [3.8, 4) is 5.75 Å². The molecule has 0 aliphatic rings. The molecule has 1 aromatic heterocycles. The van der Waals surface area contributed by atoms with E-state index in [0.717, 1.165) is 23.2 Å². The predicted molar refractivity (Wildman–Crippen MR) is 122 cm³/mol. The molecule has 1 heterocycles. The van der Waals surface area contributed by atoms with Crippen molar-refractivity contribution in [1.29, 1.82) is 0 Å². The van der Waals surface area contributed by atoms with Gasteiger partial charge in [0.1, 0.15) is 12.5 Å². The summed E-state index contributed by atoms with van der Waals surface area (Å²) in [6.07, 6.45) is 5.38. The van der Waals surface area contributed by atoms with Gasteiger partial charge < -0.3 is 20.0 Å². The molecule has 1 aromatic carbocycles. The zero-order valence-corrected chi connectivity index (χ0v) is 19.0. The number of aromatic nitrogens is 1. The third-order valence-corrected chi connectivity index (χ3v) is 5.68. The predicted octanol–water partition coefficient (Wildman–Crippen LogP) is 2.94. The number of hydrogen-bond acceptors (Lipinski definition) is 7. The molecule has 1 amide bonds. The first-order valence-corrected chi connectivity index (χ1v) is 11.1. The molecule has 31 heavy (non-hydrogen) atoms. The number of primary amides is 1. The van der Waals surface area contributed by atoms with Crippen molar-refractivity contribution in [3.05, 3.63) is 59.4 Å². The third-order valence-electron chi connectivity index (χ3n) is 4.71. The molecular weight excluding hydrogens is 416 g/mol. The fraction of sp³-hybridized carbons (Fsp3) is 0.391. The van der Waals surface area contributed by atoms with Gasteiger partial charge in [-0.1, -0.05) is 25.1 Å². The summed E-state index contributed by atoms with van der Waals surface area (Å²) in [6.45, 7) is 4.38. The van der Waals surface area contributed by atoms with Crippen LogP contribution < -0.4 is 10.5 Å². The molecule has 2 atom stereocenters. The first-order valence-electron chi connectivity index (χ1n) is 9.81. The van der Waals surface area contributed by atoms with Crippen LogP contribution in [0.3, 0.4) is 0 Å². The van der Waals surface area contributed by atoms with Gasteiger partial charge in [-0.05, 0) is 48.4 Å². The van der Waals surface area contributed by atoms with Crippen LogP contribution >= 0.6 is 11.8 Å². The van der Waals surface area contributed by atoms with Gasteiger partial charge in [-0.25, -0.2) is 0 Å². The van der Waals surface area contributed by atoms with Crippen LogP contribution in [0.1, 0.15) is 36.1 Å². The number of carbonyl (C=O) groups excluding carboxylic acids is 3. The number of methoxy groups -OCH3 is 1. The molecule has 2 rings (SSSR count). The van der Waals surface area contributed by atoms with Crippen LogP contribution in [0.15, 0.2) is 42.6 Å². The molecule has 2 N–H and O–H groups in total. The van der Waals surface area contributed by atoms with Gasteiger partial charge in [-0.15, -0.1) is 0 Å². The Balaban J connectivity index is 0.00000233. The van der Waals surface area contributed by atoms with Crippen molar-refractivity contribution in [2.75, 3.05) is 20.0 Å². The highest BCUT2D eigenvalue weighted by Crippen LogP contribution is 2.22. The Morgan fingerprint density at radius 3 is 2.26 bits per heavy atom. The van der Waals surface area contributed by atoms with E-state index < -0.39 is 0 Å². The van der Waals surface area contributed by atoms with Gasteiger partial charge in [0.05, 0.1) is 25.4 Å². The lowest BCUT2D eigenvalue weighted by molar-refractivity contribution is -0.141. The van der Waals surface area contributed by atoms with Crippen molar-refractivity contribution in [1.82, 2.24) is 4.98 Å². The lowest BCUT2D eigenvalue weighted by Gasteiger charge is -2.17. The SMILES string of the molecule is C=O.CCc1ccc(C(COc2ccc(CC(SC)C(N)=O)cc2)CC(=O)OC)nc1. The fourth-order valence-electron chi connectivity index (χ4n) is 2.85. The second-order valence-electron chi connectivity index (χ2n) is 6.71. The van der Waals surface area contributed by atoms with Crippen LogP contribution in [-0.2, 0) is 32.0 Å². The van der Waals surface area contributed by atoms with Crippen LogP contribution in [0.25, 0.3) is 0 Å². The standard InChI is InChI=1S/C22H28N2O4S.CH2O/c1-4-15-7-10-19(24-13-15)17(12-21(25)27-2)14-28-18-8-5-16(6-9-18)11-20(29-3)22(23)26;1-2/h5-10,13,17,20H,4,11-12,14H2,1-3H3,(H2,23,26);1H2. The van der Waals surface area contributed by atoms with Gasteiger partial charge in [-0.2, -0.15) is 11.8 Å². The number of nitrogens with two attached hydrogens (primary N) is 1. The molecule has 7 nitrogen and oxygen atoms in total. The third kappa shape index (κ3) is 8.80. The summed E-state index contributed by atoms with van der Waals surface area (Å²) in [5.41, 5.74) is 8.35. The number of rotatable bonds is 11. The summed E-state index contributed by atoms with van der Waals surface area (Å²) in [5.74, 6) is -0.132. The molecular formula is C23H30N2O5S. The maximum Gasteiger partial charge on any atom is 0.306 e. The second kappa shape index (κ2) is 14.2. The van der Waals surface area contributed by atoms with E-state index in [4.69, 9.17) is 20.0 Å². The van der Waals surface area contributed by atoms with E-state index in [0.29, 0.717) is 18.8 Å². The maximum atomic E-state index is 11.8. The summed E-state index contributed by atoms with van der Waals surface area (Å²) in [7, 11) is 1.38. The maximum absolute atomic E-state index is 11.8. The highest BCUT2D eigenvalue weighted by atomic mass is 32.2. The number of hydrogen-bond donors (Lipinski definition) is 1. The smallest absolute Gasteiger partial charge is 0.306 e. The van der Waals surface area contributed by atoms with Crippen LogP contribution in [0.5, 0.6) is 5.75 Å². The highest BCUT2D eigenvalue weighted by molar-refractivity contribution is 7.99. The van der Waals surface area contributed by atoms with Crippen LogP contribution in [0.2, 0.25) is 0 Å². The van der Waals surface area contributed by atoms with Gasteiger partial charge in [0.2, 0.25) is 5.91 Å². The lowest BCUT2D eigenvalue weighted by atomic mass is 10.0. The van der Waals surface area contributed by atoms with E-state index >= 15 is 0 Å². The number of pyridine rings is 1. The summed E-state index contributed by atoms with van der Waals surface area (Å²) < 4.78 is 10.7. The van der Waals surface area contributed by atoms with Crippen molar-refractivity contribution in [3.63, 3.8) is 0 Å². The Bertz CT molecular complexity index is 812. The zero-order chi connectivity index (χ0) is 23.2. The van der Waals surface area contributed by atoms with E-state index in [1.165, 1.54) is 18.9 Å². The molecule has 0 saturated carbocycles. The molecule has 8 heteroatoms. The van der Waals surface area contributed by atoms with E-state index in [1.807, 2.05) is 55.6 Å². The van der Waals surface area contributed by atoms with Gasteiger partial charge in [0.25, 0.3) is 0 Å². The minimum absolute atomic E-state index is 0.196. The van der Waals surface area contributed by atoms with Crippen molar-refractivity contribution in [2.45, 2.75) is 37.4 Å². The molecule has 0 aliphatic heterocycles. The normalized spacial score (nSPS) is 12.1. The number of aryl methyl sites for hydroxylation is 1. The van der Waals surface area contributed by atoms with E-state index in [2.05, 4.69) is 11.9 Å². The minimum atomic E-state index is -0.315. The summed E-state index contributed by atoms with van der Waals surface area (Å²) in [6, 6.07) is 11.5. The Hall–Kier alpha value is -2.87. The molecule has 0 spiro atoms. The van der Waals surface area contributed by atoms with Gasteiger partial charge >= 0.3 is 5.97 Å². The highest BCUT2D eigenvalue weighted by Gasteiger charge is 2.19. The largest absolute Gasteiger partial charge is 0.493 e. The fourth-order valence-corrected chi connectivity index (χ4v) is 3.44. The second-order valence-corrected chi connectivity index (χ2v) is 7.75. The number of esters is 1. The number of amides is 1. The first kappa shape index (κ1) is 26.2. The van der Waals surface area contributed by atoms with Gasteiger partial charge in [0, 0.05) is 17.8 Å². The summed E-state index contributed by atoms with van der Waals surface area (Å²) >= 11 is 1.44. The Morgan fingerprint density at radius 1 is 1.13 bits per heavy atom. The zero-order valence-electron chi connectivity index (χ0n) is 18.2.